The lowest BCUT2D eigenvalue weighted by molar-refractivity contribution is 1.14. The van der Waals surface area contributed by atoms with Crippen molar-refractivity contribution in [3.63, 3.8) is 0 Å². The smallest absolute Gasteiger partial charge is 0.125 e. The summed E-state index contributed by atoms with van der Waals surface area (Å²) < 4.78 is 0. The zero-order chi connectivity index (χ0) is 9.97. The van der Waals surface area contributed by atoms with Crippen LogP contribution >= 0.6 is 24.0 Å². The van der Waals surface area contributed by atoms with Gasteiger partial charge in [0.15, 0.2) is 0 Å². The van der Waals surface area contributed by atoms with Gasteiger partial charge in [-0.1, -0.05) is 0 Å². The molecule has 0 fully saturated rings. The van der Waals surface area contributed by atoms with Crippen LogP contribution in [0.3, 0.4) is 0 Å². The van der Waals surface area contributed by atoms with E-state index in [0.717, 1.165) is 10.6 Å². The zero-order valence-corrected chi connectivity index (χ0v) is 9.42. The van der Waals surface area contributed by atoms with Gasteiger partial charge in [-0.15, -0.1) is 11.3 Å². The number of aromatic nitrogens is 2. The molecule has 0 saturated heterocycles. The molecule has 2 aromatic rings. The lowest BCUT2D eigenvalue weighted by Gasteiger charge is -1.96. The second-order valence-electron chi connectivity index (χ2n) is 2.99. The Morgan fingerprint density at radius 1 is 1.43 bits per heavy atom. The highest BCUT2D eigenvalue weighted by Crippen LogP contribution is 2.30. The van der Waals surface area contributed by atoms with Crippen molar-refractivity contribution in [2.45, 2.75) is 12.2 Å². The minimum atomic E-state index is 0.248. The Kier molecular flexibility index (Phi) is 2.84. The summed E-state index contributed by atoms with van der Waals surface area (Å²) in [6.07, 6.45) is 5.47. The zero-order valence-electron chi connectivity index (χ0n) is 7.71. The van der Waals surface area contributed by atoms with Crippen molar-refractivity contribution in [3.05, 3.63) is 35.6 Å². The Morgan fingerprint density at radius 2 is 2.29 bits per heavy atom. The van der Waals surface area contributed by atoms with E-state index in [-0.39, 0.29) is 5.25 Å². The number of rotatable bonds is 2. The molecule has 0 saturated carbocycles. The van der Waals surface area contributed by atoms with Crippen molar-refractivity contribution in [2.24, 2.45) is 0 Å². The fraction of sp³-hybridized carbons (Fsp3) is 0.200. The number of pyridine rings is 1. The monoisotopic (exact) mass is 222 g/mol. The molecule has 0 amide bonds. The molecule has 4 heteroatoms. The van der Waals surface area contributed by atoms with Gasteiger partial charge in [0.2, 0.25) is 0 Å². The van der Waals surface area contributed by atoms with E-state index in [0.29, 0.717) is 0 Å². The molecule has 0 bridgehead atoms. The number of hydrogen-bond acceptors (Lipinski definition) is 4. The van der Waals surface area contributed by atoms with E-state index in [1.54, 1.807) is 17.5 Å². The second-order valence-corrected chi connectivity index (χ2v) is 4.82. The maximum absolute atomic E-state index is 4.37. The average molecular weight is 222 g/mol. The first kappa shape index (κ1) is 9.68. The highest BCUT2D eigenvalue weighted by molar-refractivity contribution is 7.80. The summed E-state index contributed by atoms with van der Waals surface area (Å²) in [5.74, 6) is 0. The first-order valence-corrected chi connectivity index (χ1v) is 5.65. The van der Waals surface area contributed by atoms with E-state index < -0.39 is 0 Å². The maximum Gasteiger partial charge on any atom is 0.125 e. The topological polar surface area (TPSA) is 25.8 Å². The number of nitrogens with zero attached hydrogens (tertiary/aromatic N) is 2. The lowest BCUT2D eigenvalue weighted by Crippen LogP contribution is -1.75. The van der Waals surface area contributed by atoms with Crippen LogP contribution in [0.1, 0.15) is 17.1 Å². The molecular weight excluding hydrogens is 212 g/mol. The van der Waals surface area contributed by atoms with Gasteiger partial charge in [-0.05, 0) is 19.1 Å². The Bertz CT molecular complexity index is 409. The van der Waals surface area contributed by atoms with E-state index >= 15 is 0 Å². The third kappa shape index (κ3) is 1.96. The molecule has 0 spiro atoms. The fourth-order valence-electron chi connectivity index (χ4n) is 1.10. The number of thiol groups is 1. The van der Waals surface area contributed by atoms with Crippen molar-refractivity contribution in [2.75, 3.05) is 0 Å². The van der Waals surface area contributed by atoms with Gasteiger partial charge in [0, 0.05) is 34.3 Å². The highest BCUT2D eigenvalue weighted by Gasteiger charge is 2.07. The summed E-state index contributed by atoms with van der Waals surface area (Å²) in [7, 11) is 0. The summed E-state index contributed by atoms with van der Waals surface area (Å²) in [6.45, 7) is 2.05. The van der Waals surface area contributed by atoms with Gasteiger partial charge in [0.25, 0.3) is 0 Å². The van der Waals surface area contributed by atoms with Gasteiger partial charge in [0.1, 0.15) is 5.01 Å². The molecule has 0 aliphatic rings. The van der Waals surface area contributed by atoms with Crippen molar-refractivity contribution in [3.8, 4) is 10.6 Å². The fourth-order valence-corrected chi connectivity index (χ4v) is 2.17. The predicted molar refractivity (Wildman–Crippen MR) is 62.7 cm³/mol. The Labute approximate surface area is 92.5 Å². The highest BCUT2D eigenvalue weighted by atomic mass is 32.1. The predicted octanol–water partition coefficient (Wildman–Crippen LogP) is 3.20. The van der Waals surface area contributed by atoms with Crippen LogP contribution in [-0.4, -0.2) is 9.97 Å². The second kappa shape index (κ2) is 4.11. The molecule has 14 heavy (non-hydrogen) atoms. The minimum Gasteiger partial charge on any atom is -0.264 e. The van der Waals surface area contributed by atoms with Gasteiger partial charge in [0.05, 0.1) is 0 Å². The Hall–Kier alpha value is -0.870. The molecule has 0 aromatic carbocycles. The molecule has 0 radical (unpaired) electrons. The summed E-state index contributed by atoms with van der Waals surface area (Å²) >= 11 is 6.03. The van der Waals surface area contributed by atoms with Crippen LogP contribution in [-0.2, 0) is 0 Å². The van der Waals surface area contributed by atoms with E-state index in [1.165, 1.54) is 4.88 Å². The van der Waals surface area contributed by atoms with Crippen LogP contribution in [0, 0.1) is 0 Å². The van der Waals surface area contributed by atoms with Gasteiger partial charge in [-0.25, -0.2) is 4.98 Å². The Balaban J connectivity index is 2.34. The van der Waals surface area contributed by atoms with Gasteiger partial charge in [-0.3, -0.25) is 4.98 Å². The number of hydrogen-bond donors (Lipinski definition) is 1. The standard InChI is InChI=1S/C10H10N2S2/c1-7(13)9-6-12-10(14-9)8-3-2-4-11-5-8/h2-7,13H,1H3. The van der Waals surface area contributed by atoms with Crippen LogP contribution in [0.4, 0.5) is 0 Å². The molecule has 2 heterocycles. The van der Waals surface area contributed by atoms with Crippen LogP contribution in [0.5, 0.6) is 0 Å². The van der Waals surface area contributed by atoms with E-state index in [9.17, 15) is 0 Å². The molecule has 1 unspecified atom stereocenters. The van der Waals surface area contributed by atoms with E-state index in [1.807, 2.05) is 31.5 Å². The van der Waals surface area contributed by atoms with Crippen LogP contribution in [0.15, 0.2) is 30.7 Å². The first-order chi connectivity index (χ1) is 6.77. The normalized spacial score (nSPS) is 12.7. The molecule has 0 aliphatic heterocycles. The van der Waals surface area contributed by atoms with Gasteiger partial charge >= 0.3 is 0 Å². The molecule has 2 nitrogen and oxygen atoms in total. The van der Waals surface area contributed by atoms with E-state index in [2.05, 4.69) is 22.6 Å². The first-order valence-electron chi connectivity index (χ1n) is 4.31. The van der Waals surface area contributed by atoms with Crippen molar-refractivity contribution in [1.29, 1.82) is 0 Å². The minimum absolute atomic E-state index is 0.248. The van der Waals surface area contributed by atoms with Crippen LogP contribution in [0.25, 0.3) is 10.6 Å². The number of thiazole rings is 1. The third-order valence-electron chi connectivity index (χ3n) is 1.84. The lowest BCUT2D eigenvalue weighted by atomic mass is 10.3. The third-order valence-corrected chi connectivity index (χ3v) is 3.53. The molecule has 0 aliphatic carbocycles. The SMILES string of the molecule is CC(S)c1cnc(-c2cccnc2)s1. The summed E-state index contributed by atoms with van der Waals surface area (Å²) in [4.78, 5) is 9.59. The Morgan fingerprint density at radius 3 is 2.86 bits per heavy atom. The summed E-state index contributed by atoms with van der Waals surface area (Å²) in [5, 5.41) is 1.26. The summed E-state index contributed by atoms with van der Waals surface area (Å²) in [6, 6.07) is 3.93. The molecule has 2 aromatic heterocycles. The van der Waals surface area contributed by atoms with Gasteiger partial charge < -0.3 is 0 Å². The molecule has 0 N–H and O–H groups in total. The van der Waals surface area contributed by atoms with Crippen LogP contribution < -0.4 is 0 Å². The van der Waals surface area contributed by atoms with E-state index in [4.69, 9.17) is 0 Å². The maximum atomic E-state index is 4.37. The van der Waals surface area contributed by atoms with Gasteiger partial charge in [-0.2, -0.15) is 12.6 Å². The summed E-state index contributed by atoms with van der Waals surface area (Å²) in [5.41, 5.74) is 1.07. The molecule has 1 atom stereocenters. The van der Waals surface area contributed by atoms with Crippen molar-refractivity contribution < 1.29 is 0 Å². The molecule has 72 valence electrons. The van der Waals surface area contributed by atoms with Crippen molar-refractivity contribution in [1.82, 2.24) is 9.97 Å². The largest absolute Gasteiger partial charge is 0.264 e. The quantitative estimate of drug-likeness (QED) is 0.790. The molecule has 2 rings (SSSR count). The van der Waals surface area contributed by atoms with Crippen LogP contribution in [0.2, 0.25) is 0 Å². The van der Waals surface area contributed by atoms with Crippen molar-refractivity contribution >= 4 is 24.0 Å². The average Bonchev–Trinajstić information content (AvgIpc) is 2.68. The molecular formula is C10H10N2S2.